The molecule has 1 aliphatic rings. The van der Waals surface area contributed by atoms with E-state index >= 15 is 0 Å². The van der Waals surface area contributed by atoms with Gasteiger partial charge in [-0.25, -0.2) is 21.1 Å². The zero-order valence-corrected chi connectivity index (χ0v) is 20.6. The number of ether oxygens (including phenoxy) is 1. The Bertz CT molecular complexity index is 1200. The zero-order chi connectivity index (χ0) is 24.2. The van der Waals surface area contributed by atoms with E-state index in [1.807, 2.05) is 0 Å². The first-order chi connectivity index (χ1) is 15.6. The van der Waals surface area contributed by atoms with Crippen LogP contribution in [0, 0.1) is 0 Å². The number of nitrogens with one attached hydrogen (secondary N) is 1. The summed E-state index contributed by atoms with van der Waals surface area (Å²) in [5, 5.41) is 2.74. The topological polar surface area (TPSA) is 113 Å². The van der Waals surface area contributed by atoms with E-state index in [2.05, 4.69) is 5.32 Å². The maximum atomic E-state index is 13.1. The van der Waals surface area contributed by atoms with E-state index in [-0.39, 0.29) is 27.6 Å². The Labute approximate surface area is 195 Å². The van der Waals surface area contributed by atoms with Crippen LogP contribution < -0.4 is 10.1 Å². The van der Waals surface area contributed by atoms with Crippen LogP contribution in [0.5, 0.6) is 5.75 Å². The minimum absolute atomic E-state index is 0.0298. The van der Waals surface area contributed by atoms with Crippen LogP contribution >= 0.6 is 0 Å². The number of nitrogens with zero attached hydrogens (tertiary/aromatic N) is 2. The molecular weight excluding hydrogens is 466 g/mol. The van der Waals surface area contributed by atoms with Gasteiger partial charge >= 0.3 is 0 Å². The first-order valence-electron chi connectivity index (χ1n) is 10.5. The summed E-state index contributed by atoms with van der Waals surface area (Å²) >= 11 is 0. The number of hydrogen-bond acceptors (Lipinski definition) is 6. The molecule has 3 rings (SSSR count). The van der Waals surface area contributed by atoms with E-state index in [1.165, 1.54) is 55.8 Å². The summed E-state index contributed by atoms with van der Waals surface area (Å²) in [4.78, 5) is 12.9. The van der Waals surface area contributed by atoms with E-state index in [0.717, 1.165) is 23.6 Å². The summed E-state index contributed by atoms with van der Waals surface area (Å²) in [6.07, 6.45) is 2.60. The number of hydrogen-bond donors (Lipinski definition) is 1. The van der Waals surface area contributed by atoms with Gasteiger partial charge in [-0.2, -0.15) is 4.31 Å². The molecule has 9 nitrogen and oxygen atoms in total. The van der Waals surface area contributed by atoms with Gasteiger partial charge in [0, 0.05) is 39.3 Å². The van der Waals surface area contributed by atoms with E-state index in [4.69, 9.17) is 4.74 Å². The molecule has 1 heterocycles. The Balaban J connectivity index is 1.76. The fourth-order valence-electron chi connectivity index (χ4n) is 3.54. The Hall–Kier alpha value is -2.47. The van der Waals surface area contributed by atoms with Crippen molar-refractivity contribution in [2.45, 2.75) is 35.6 Å². The molecule has 1 saturated heterocycles. The van der Waals surface area contributed by atoms with Crippen molar-refractivity contribution in [1.82, 2.24) is 13.9 Å². The Morgan fingerprint density at radius 1 is 1.00 bits per heavy atom. The average Bonchev–Trinajstić information content (AvgIpc) is 2.82. The minimum Gasteiger partial charge on any atom is -0.495 e. The van der Waals surface area contributed by atoms with Crippen LogP contribution in [-0.2, 0) is 26.6 Å². The van der Waals surface area contributed by atoms with Gasteiger partial charge in [0.2, 0.25) is 20.0 Å². The first kappa shape index (κ1) is 25.2. The van der Waals surface area contributed by atoms with Crippen molar-refractivity contribution in [2.24, 2.45) is 0 Å². The molecule has 33 heavy (non-hydrogen) atoms. The molecule has 0 spiro atoms. The fourth-order valence-corrected chi connectivity index (χ4v) is 6.14. The second kappa shape index (κ2) is 10.2. The van der Waals surface area contributed by atoms with Gasteiger partial charge < -0.3 is 10.1 Å². The quantitative estimate of drug-likeness (QED) is 0.600. The van der Waals surface area contributed by atoms with Crippen molar-refractivity contribution >= 4 is 26.0 Å². The second-order valence-corrected chi connectivity index (χ2v) is 12.0. The molecule has 0 unspecified atom stereocenters. The number of rotatable bonds is 8. The molecule has 1 aliphatic heterocycles. The van der Waals surface area contributed by atoms with Gasteiger partial charge in [0.1, 0.15) is 10.6 Å². The maximum absolute atomic E-state index is 13.1. The number of carbonyl (C=O) groups excluding carboxylic acids is 1. The SMILES string of the molecule is COc1ccc(C(=O)NCc2ccc(S(=O)(=O)N(C)C)cc2)cc1S(=O)(=O)N1CCCCC1. The monoisotopic (exact) mass is 495 g/mol. The minimum atomic E-state index is -3.79. The predicted octanol–water partition coefficient (Wildman–Crippen LogP) is 2.05. The highest BCUT2D eigenvalue weighted by Gasteiger charge is 2.29. The van der Waals surface area contributed by atoms with Crippen molar-refractivity contribution in [3.05, 3.63) is 53.6 Å². The highest BCUT2D eigenvalue weighted by molar-refractivity contribution is 7.89. The number of benzene rings is 2. The van der Waals surface area contributed by atoms with Crippen LogP contribution in [-0.4, -0.2) is 65.6 Å². The van der Waals surface area contributed by atoms with Gasteiger partial charge in [0.25, 0.3) is 5.91 Å². The third-order valence-electron chi connectivity index (χ3n) is 5.51. The van der Waals surface area contributed by atoms with E-state index in [9.17, 15) is 21.6 Å². The van der Waals surface area contributed by atoms with E-state index < -0.39 is 26.0 Å². The van der Waals surface area contributed by atoms with Crippen molar-refractivity contribution in [1.29, 1.82) is 0 Å². The second-order valence-electron chi connectivity index (χ2n) is 7.94. The Kier molecular flexibility index (Phi) is 7.78. The Morgan fingerprint density at radius 2 is 1.64 bits per heavy atom. The lowest BCUT2D eigenvalue weighted by molar-refractivity contribution is 0.0950. The summed E-state index contributed by atoms with van der Waals surface area (Å²) in [5.74, 6) is -0.257. The molecular formula is C22H29N3O6S2. The van der Waals surface area contributed by atoms with E-state index in [0.29, 0.717) is 18.7 Å². The number of piperidine rings is 1. The molecule has 0 atom stereocenters. The van der Waals surface area contributed by atoms with Crippen molar-refractivity contribution in [3.8, 4) is 5.75 Å². The molecule has 0 saturated carbocycles. The summed E-state index contributed by atoms with van der Waals surface area (Å²) in [5.41, 5.74) is 0.897. The highest BCUT2D eigenvalue weighted by Crippen LogP contribution is 2.29. The van der Waals surface area contributed by atoms with Gasteiger partial charge in [-0.15, -0.1) is 0 Å². The van der Waals surface area contributed by atoms with Gasteiger partial charge in [-0.1, -0.05) is 18.6 Å². The largest absolute Gasteiger partial charge is 0.495 e. The third kappa shape index (κ3) is 5.55. The molecule has 1 N–H and O–H groups in total. The fraction of sp³-hybridized carbons (Fsp3) is 0.409. The highest BCUT2D eigenvalue weighted by atomic mass is 32.2. The van der Waals surface area contributed by atoms with Gasteiger partial charge in [-0.3, -0.25) is 4.79 Å². The molecule has 0 radical (unpaired) electrons. The molecule has 0 aromatic heterocycles. The van der Waals surface area contributed by atoms with Crippen LogP contribution in [0.25, 0.3) is 0 Å². The lowest BCUT2D eigenvalue weighted by Crippen LogP contribution is -2.36. The van der Waals surface area contributed by atoms with E-state index in [1.54, 1.807) is 12.1 Å². The lowest BCUT2D eigenvalue weighted by atomic mass is 10.2. The molecule has 0 bridgehead atoms. The molecule has 180 valence electrons. The molecule has 11 heteroatoms. The standard InChI is InChI=1S/C22H29N3O6S2/c1-24(2)32(27,28)19-10-7-17(8-11-19)16-23-22(26)18-9-12-20(31-3)21(15-18)33(29,30)25-13-5-4-6-14-25/h7-12,15H,4-6,13-14,16H2,1-3H3,(H,23,26). The number of carbonyl (C=O) groups is 1. The van der Waals surface area contributed by atoms with Crippen molar-refractivity contribution in [3.63, 3.8) is 0 Å². The molecule has 2 aromatic rings. The van der Waals surface area contributed by atoms with Crippen LogP contribution in [0.15, 0.2) is 52.3 Å². The van der Waals surface area contributed by atoms with Crippen molar-refractivity contribution < 1.29 is 26.4 Å². The molecule has 1 amide bonds. The third-order valence-corrected chi connectivity index (χ3v) is 9.26. The maximum Gasteiger partial charge on any atom is 0.251 e. The number of methoxy groups -OCH3 is 1. The summed E-state index contributed by atoms with van der Waals surface area (Å²) in [7, 11) is -3.01. The molecule has 0 aliphatic carbocycles. The number of amides is 1. The van der Waals surface area contributed by atoms with Gasteiger partial charge in [0.15, 0.2) is 0 Å². The average molecular weight is 496 g/mol. The summed E-state index contributed by atoms with van der Waals surface area (Å²) in [6.45, 7) is 1.05. The molecule has 2 aromatic carbocycles. The van der Waals surface area contributed by atoms with Crippen LogP contribution in [0.3, 0.4) is 0 Å². The zero-order valence-electron chi connectivity index (χ0n) is 18.9. The summed E-state index contributed by atoms with van der Waals surface area (Å²) < 4.78 is 58.4. The Morgan fingerprint density at radius 3 is 2.21 bits per heavy atom. The van der Waals surface area contributed by atoms with Crippen LogP contribution in [0.1, 0.15) is 35.2 Å². The summed E-state index contributed by atoms with van der Waals surface area (Å²) in [6, 6.07) is 10.5. The first-order valence-corrected chi connectivity index (χ1v) is 13.4. The van der Waals surface area contributed by atoms with Gasteiger partial charge in [0.05, 0.1) is 12.0 Å². The van der Waals surface area contributed by atoms with Crippen LogP contribution in [0.4, 0.5) is 0 Å². The van der Waals surface area contributed by atoms with Gasteiger partial charge in [-0.05, 0) is 48.7 Å². The predicted molar refractivity (Wildman–Crippen MR) is 124 cm³/mol. The number of sulfonamides is 2. The lowest BCUT2D eigenvalue weighted by Gasteiger charge is -2.26. The smallest absolute Gasteiger partial charge is 0.251 e. The van der Waals surface area contributed by atoms with Crippen LogP contribution in [0.2, 0.25) is 0 Å². The normalized spacial score (nSPS) is 15.4. The van der Waals surface area contributed by atoms with Crippen molar-refractivity contribution in [2.75, 3.05) is 34.3 Å². The molecule has 1 fully saturated rings.